The lowest BCUT2D eigenvalue weighted by Crippen LogP contribution is -2.51. The highest BCUT2D eigenvalue weighted by Gasteiger charge is 2.32. The van der Waals surface area contributed by atoms with Crippen LogP contribution in [0.3, 0.4) is 0 Å². The Morgan fingerprint density at radius 3 is 2.31 bits per heavy atom. The molecule has 1 fully saturated rings. The van der Waals surface area contributed by atoms with Crippen LogP contribution in [0, 0.1) is 6.92 Å². The van der Waals surface area contributed by atoms with Crippen LogP contribution in [0.5, 0.6) is 11.5 Å². The summed E-state index contributed by atoms with van der Waals surface area (Å²) in [5.74, 6) is 0.389. The maximum absolute atomic E-state index is 13.2. The molecule has 2 aliphatic rings. The number of hydrogen-bond acceptors (Lipinski definition) is 7. The molecule has 0 aliphatic carbocycles. The van der Waals surface area contributed by atoms with E-state index >= 15 is 0 Å². The molecule has 0 atom stereocenters. The Kier molecular flexibility index (Phi) is 6.03. The number of aryl methyl sites for hydroxylation is 1. The SMILES string of the molecule is Cc1cc(=O)c(C(=O)N2CCN(S(=O)(=O)c3ccc4c(c3)OCCO4)CC2)nn1-c1ccccc1. The molecule has 3 aromatic rings. The average Bonchev–Trinajstić information content (AvgIpc) is 2.88. The van der Waals surface area contributed by atoms with Crippen LogP contribution in [0.25, 0.3) is 5.69 Å². The van der Waals surface area contributed by atoms with E-state index in [9.17, 15) is 18.0 Å². The first-order valence-corrected chi connectivity index (χ1v) is 12.6. The van der Waals surface area contributed by atoms with Crippen molar-refractivity contribution in [2.75, 3.05) is 39.4 Å². The van der Waals surface area contributed by atoms with Gasteiger partial charge < -0.3 is 14.4 Å². The first-order chi connectivity index (χ1) is 16.8. The van der Waals surface area contributed by atoms with E-state index in [-0.39, 0.29) is 36.8 Å². The Bertz CT molecular complexity index is 1430. The molecule has 0 saturated carbocycles. The number of carbonyl (C=O) groups is 1. The lowest BCUT2D eigenvalue weighted by molar-refractivity contribution is 0.0688. The van der Waals surface area contributed by atoms with Gasteiger partial charge >= 0.3 is 0 Å². The Balaban J connectivity index is 1.33. The molecular formula is C24H24N4O6S. The molecule has 0 spiro atoms. The summed E-state index contributed by atoms with van der Waals surface area (Å²) in [5.41, 5.74) is 0.677. The quantitative estimate of drug-likeness (QED) is 0.538. The van der Waals surface area contributed by atoms with Crippen molar-refractivity contribution in [2.45, 2.75) is 11.8 Å². The van der Waals surface area contributed by atoms with Crippen molar-refractivity contribution in [3.8, 4) is 17.2 Å². The number of para-hydroxylation sites is 1. The van der Waals surface area contributed by atoms with Crippen LogP contribution in [-0.2, 0) is 10.0 Å². The molecule has 0 unspecified atom stereocenters. The number of hydrogen-bond donors (Lipinski definition) is 0. The number of carbonyl (C=O) groups excluding carboxylic acids is 1. The van der Waals surface area contributed by atoms with Gasteiger partial charge in [-0.3, -0.25) is 9.59 Å². The fourth-order valence-electron chi connectivity index (χ4n) is 4.14. The number of rotatable bonds is 4. The minimum absolute atomic E-state index is 0.0985. The van der Waals surface area contributed by atoms with Gasteiger partial charge in [-0.1, -0.05) is 18.2 Å². The van der Waals surface area contributed by atoms with Crippen LogP contribution in [0.15, 0.2) is 64.3 Å². The van der Waals surface area contributed by atoms with Gasteiger partial charge in [-0.05, 0) is 31.2 Å². The molecule has 35 heavy (non-hydrogen) atoms. The molecular weight excluding hydrogens is 472 g/mol. The van der Waals surface area contributed by atoms with Gasteiger partial charge in [0.1, 0.15) is 13.2 Å². The first-order valence-electron chi connectivity index (χ1n) is 11.2. The molecule has 10 nitrogen and oxygen atoms in total. The van der Waals surface area contributed by atoms with Gasteiger partial charge in [-0.2, -0.15) is 9.40 Å². The third kappa shape index (κ3) is 4.40. The summed E-state index contributed by atoms with van der Waals surface area (Å²) in [4.78, 5) is 27.3. The van der Waals surface area contributed by atoms with E-state index in [0.29, 0.717) is 30.4 Å². The maximum atomic E-state index is 13.2. The van der Waals surface area contributed by atoms with E-state index in [2.05, 4.69) is 5.10 Å². The lowest BCUT2D eigenvalue weighted by Gasteiger charge is -2.34. The summed E-state index contributed by atoms with van der Waals surface area (Å²) in [5, 5.41) is 4.33. The normalized spacial score (nSPS) is 16.2. The lowest BCUT2D eigenvalue weighted by atomic mass is 10.2. The second-order valence-corrected chi connectivity index (χ2v) is 10.2. The third-order valence-electron chi connectivity index (χ3n) is 5.99. The van der Waals surface area contributed by atoms with E-state index < -0.39 is 21.4 Å². The molecule has 1 aromatic heterocycles. The Hall–Kier alpha value is -3.70. The van der Waals surface area contributed by atoms with Crippen LogP contribution in [0.1, 0.15) is 16.2 Å². The molecule has 1 amide bonds. The summed E-state index contributed by atoms with van der Waals surface area (Å²) in [6.45, 7) is 3.00. The van der Waals surface area contributed by atoms with Crippen LogP contribution in [0.2, 0.25) is 0 Å². The number of amides is 1. The van der Waals surface area contributed by atoms with Gasteiger partial charge in [-0.15, -0.1) is 0 Å². The number of piperazine rings is 1. The van der Waals surface area contributed by atoms with Crippen molar-refractivity contribution in [1.82, 2.24) is 19.0 Å². The molecule has 1 saturated heterocycles. The highest BCUT2D eigenvalue weighted by Crippen LogP contribution is 2.33. The minimum Gasteiger partial charge on any atom is -0.486 e. The zero-order chi connectivity index (χ0) is 24.6. The van der Waals surface area contributed by atoms with Gasteiger partial charge in [0.2, 0.25) is 15.5 Å². The Morgan fingerprint density at radius 1 is 0.914 bits per heavy atom. The molecule has 11 heteroatoms. The van der Waals surface area contributed by atoms with E-state index in [1.165, 1.54) is 27.4 Å². The van der Waals surface area contributed by atoms with E-state index in [4.69, 9.17) is 9.47 Å². The van der Waals surface area contributed by atoms with Crippen molar-refractivity contribution < 1.29 is 22.7 Å². The molecule has 2 aliphatic heterocycles. The number of fused-ring (bicyclic) bond motifs is 1. The van der Waals surface area contributed by atoms with Crippen molar-refractivity contribution in [3.05, 3.63) is 76.2 Å². The van der Waals surface area contributed by atoms with Crippen LogP contribution in [-0.4, -0.2) is 72.7 Å². The Morgan fingerprint density at radius 2 is 1.60 bits per heavy atom. The van der Waals surface area contributed by atoms with Crippen LogP contribution < -0.4 is 14.9 Å². The molecule has 0 N–H and O–H groups in total. The number of nitrogens with zero attached hydrogens (tertiary/aromatic N) is 4. The highest BCUT2D eigenvalue weighted by atomic mass is 32.2. The fourth-order valence-corrected chi connectivity index (χ4v) is 5.58. The third-order valence-corrected chi connectivity index (χ3v) is 7.88. The number of aromatic nitrogens is 2. The van der Waals surface area contributed by atoms with Crippen molar-refractivity contribution in [2.24, 2.45) is 0 Å². The predicted octanol–water partition coefficient (Wildman–Crippen LogP) is 1.46. The predicted molar refractivity (Wildman–Crippen MR) is 127 cm³/mol. The van der Waals surface area contributed by atoms with Gasteiger partial charge in [-0.25, -0.2) is 13.1 Å². The highest BCUT2D eigenvalue weighted by molar-refractivity contribution is 7.89. The van der Waals surface area contributed by atoms with Gasteiger partial charge in [0.05, 0.1) is 10.6 Å². The van der Waals surface area contributed by atoms with Crippen LogP contribution >= 0.6 is 0 Å². The van der Waals surface area contributed by atoms with Gasteiger partial charge in [0.25, 0.3) is 5.91 Å². The smallest absolute Gasteiger partial charge is 0.278 e. The van der Waals surface area contributed by atoms with E-state index in [1.807, 2.05) is 30.3 Å². The largest absolute Gasteiger partial charge is 0.486 e. The van der Waals surface area contributed by atoms with Crippen molar-refractivity contribution in [1.29, 1.82) is 0 Å². The zero-order valence-electron chi connectivity index (χ0n) is 19.1. The second-order valence-electron chi connectivity index (χ2n) is 8.25. The zero-order valence-corrected chi connectivity index (χ0v) is 19.9. The summed E-state index contributed by atoms with van der Waals surface area (Å²) in [6, 6.07) is 15.1. The maximum Gasteiger partial charge on any atom is 0.278 e. The first kappa shape index (κ1) is 23.1. The number of ether oxygens (including phenoxy) is 2. The summed E-state index contributed by atoms with van der Waals surface area (Å²) in [6.07, 6.45) is 0. The molecule has 2 aromatic carbocycles. The molecule has 3 heterocycles. The molecule has 5 rings (SSSR count). The standard InChI is InChI=1S/C24H24N4O6S/c1-17-15-20(29)23(25-28(17)18-5-3-2-4-6-18)24(30)26-9-11-27(12-10-26)35(31,32)19-7-8-21-22(16-19)34-14-13-33-21/h2-8,15-16H,9-14H2,1H3. The fraction of sp³-hybridized carbons (Fsp3) is 0.292. The second kappa shape index (κ2) is 9.16. The average molecular weight is 497 g/mol. The van der Waals surface area contributed by atoms with E-state index in [0.717, 1.165) is 5.69 Å². The monoisotopic (exact) mass is 496 g/mol. The summed E-state index contributed by atoms with van der Waals surface area (Å²) >= 11 is 0. The summed E-state index contributed by atoms with van der Waals surface area (Å²) < 4.78 is 40.2. The number of benzene rings is 2. The van der Waals surface area contributed by atoms with Gasteiger partial charge in [0, 0.05) is 44.0 Å². The molecule has 0 radical (unpaired) electrons. The minimum atomic E-state index is -3.79. The number of sulfonamides is 1. The topological polar surface area (TPSA) is 111 Å². The van der Waals surface area contributed by atoms with E-state index in [1.54, 1.807) is 17.7 Å². The Labute approximate surface area is 202 Å². The summed E-state index contributed by atoms with van der Waals surface area (Å²) in [7, 11) is -3.79. The van der Waals surface area contributed by atoms with Crippen molar-refractivity contribution >= 4 is 15.9 Å². The molecule has 0 bridgehead atoms. The van der Waals surface area contributed by atoms with Crippen molar-refractivity contribution in [3.63, 3.8) is 0 Å². The van der Waals surface area contributed by atoms with Crippen LogP contribution in [0.4, 0.5) is 0 Å². The van der Waals surface area contributed by atoms with Gasteiger partial charge in [0.15, 0.2) is 17.2 Å². The molecule has 182 valence electrons.